The lowest BCUT2D eigenvalue weighted by molar-refractivity contribution is -0.146. The van der Waals surface area contributed by atoms with E-state index in [-0.39, 0.29) is 176 Å². The smallest absolute Gasteiger partial charge is 0.415 e. The predicted octanol–water partition coefficient (Wildman–Crippen LogP) is -4.66. The SMILES string of the molecule is CC[C@H](C)[C@@H]1NC(=O)CNC(=O)[C@H]2Cc3c([nH]c4cc(OC(=O)N(C)CCN(CCOCCOCCOCCOCCC(=O)N5CCC(C(=O)O)CC5)C(=O)OCc5ccc(NC(=O)[C@H](CCCNC(N)=O)NC(=O)[C@@H](NC(=O)CCOCCOCCOCCOCCOC)C(C)C)cc5)ccc34)[S+]([O-])C[C@H](NC(=O)CNC1=O)C(=O)N[C@@H](CC(N)=O)C(=O)N1C[C@H](O)C[C@H]1C(=O)N[C@@H]([C@@H](C)[C@@H](O)CO)C(=O)N2. The van der Waals surface area contributed by atoms with Gasteiger partial charge in [0.15, 0.2) is 6.04 Å². The largest absolute Gasteiger partial charge is 0.610 e. The van der Waals surface area contributed by atoms with Crippen LogP contribution in [0.5, 0.6) is 5.75 Å². The molecule has 4 aliphatic heterocycles. The minimum absolute atomic E-state index is 0.00180. The maximum atomic E-state index is 15.5. The number of aliphatic hydroxyl groups is 3. The van der Waals surface area contributed by atoms with E-state index < -0.39 is 242 Å². The number of carbonyl (C=O) groups is 17. The predicted molar refractivity (Wildman–Crippen MR) is 506 cm³/mol. The Hall–Kier alpha value is -11.8. The van der Waals surface area contributed by atoms with Crippen LogP contribution in [-0.4, -0.2) is 409 Å². The van der Waals surface area contributed by atoms with Gasteiger partial charge in [0.1, 0.15) is 60.4 Å². The van der Waals surface area contributed by atoms with Gasteiger partial charge in [-0.2, -0.15) is 0 Å². The number of nitrogens with zero attached hydrogens (tertiary/aromatic N) is 4. The van der Waals surface area contributed by atoms with Crippen molar-refractivity contribution in [1.29, 1.82) is 0 Å². The van der Waals surface area contributed by atoms with Crippen LogP contribution in [0.1, 0.15) is 104 Å². The highest BCUT2D eigenvalue weighted by molar-refractivity contribution is 7.91. The Bertz CT molecular complexity index is 4670. The first-order valence-corrected chi connectivity index (χ1v) is 48.9. The molecule has 3 aromatic rings. The van der Waals surface area contributed by atoms with Crippen molar-refractivity contribution >= 4 is 129 Å². The van der Waals surface area contributed by atoms with E-state index in [4.69, 9.17) is 63.6 Å². The summed E-state index contributed by atoms with van der Waals surface area (Å²) in [5, 5.41) is 69.2. The maximum Gasteiger partial charge on any atom is 0.415 e. The molecule has 52 heteroatoms. The second-order valence-corrected chi connectivity index (χ2v) is 36.2. The number of primary amides is 2. The first-order valence-electron chi connectivity index (χ1n) is 47.5. The average molecular weight is 2050 g/mol. The van der Waals surface area contributed by atoms with Crippen molar-refractivity contribution in [2.45, 2.75) is 171 Å². The fourth-order valence-corrected chi connectivity index (χ4v) is 16.7. The fraction of sp³-hybridized carbons (Fsp3) is 0.659. The lowest BCUT2D eigenvalue weighted by atomic mass is 9.93. The minimum Gasteiger partial charge on any atom is -0.610 e. The first kappa shape index (κ1) is 118. The van der Waals surface area contributed by atoms with Gasteiger partial charge in [0.25, 0.3) is 0 Å². The summed E-state index contributed by atoms with van der Waals surface area (Å²) in [5.41, 5.74) is 11.5. The number of benzene rings is 2. The van der Waals surface area contributed by atoms with E-state index in [1.165, 1.54) is 49.2 Å². The molecule has 7 rings (SSSR count). The zero-order valence-electron chi connectivity index (χ0n) is 81.7. The van der Waals surface area contributed by atoms with Crippen molar-refractivity contribution in [1.82, 2.24) is 77.8 Å². The third-order valence-electron chi connectivity index (χ3n) is 23.8. The van der Waals surface area contributed by atoms with E-state index >= 15 is 9.35 Å². The molecule has 17 amide bonds. The summed E-state index contributed by atoms with van der Waals surface area (Å²) >= 11 is -2.62. The Balaban J connectivity index is 1.09. The summed E-state index contributed by atoms with van der Waals surface area (Å²) in [7, 11) is 2.93. The summed E-state index contributed by atoms with van der Waals surface area (Å²) in [6, 6.07) is -3.84. The Morgan fingerprint density at radius 3 is 1.83 bits per heavy atom. The van der Waals surface area contributed by atoms with Gasteiger partial charge in [-0.05, 0) is 67.3 Å². The number of urea groups is 1. The van der Waals surface area contributed by atoms with Gasteiger partial charge in [-0.1, -0.05) is 53.2 Å². The van der Waals surface area contributed by atoms with Gasteiger partial charge < -0.3 is 172 Å². The number of hydrogen-bond acceptors (Lipinski definition) is 32. The maximum absolute atomic E-state index is 15.5. The van der Waals surface area contributed by atoms with Crippen LogP contribution in [-0.2, 0) is 139 Å². The molecule has 2 fully saturated rings. The summed E-state index contributed by atoms with van der Waals surface area (Å²) < 4.78 is 76.7. The lowest BCUT2D eigenvalue weighted by Gasteiger charge is -2.32. The van der Waals surface area contributed by atoms with E-state index in [2.05, 4.69) is 63.5 Å². The van der Waals surface area contributed by atoms with E-state index in [1.807, 2.05) is 0 Å². The van der Waals surface area contributed by atoms with E-state index in [0.29, 0.717) is 71.1 Å². The number of aromatic amines is 1. The first-order chi connectivity index (χ1) is 68.4. The van der Waals surface area contributed by atoms with Crippen molar-refractivity contribution in [3.8, 4) is 5.75 Å². The molecule has 1 aromatic heterocycles. The Kier molecular flexibility index (Phi) is 51.8. The monoisotopic (exact) mass is 2040 g/mol. The third-order valence-corrected chi connectivity index (χ3v) is 25.2. The van der Waals surface area contributed by atoms with Crippen LogP contribution >= 0.6 is 0 Å². The molecule has 0 aliphatic carbocycles. The van der Waals surface area contributed by atoms with Crippen molar-refractivity contribution in [3.05, 3.63) is 53.6 Å². The number of H-pyrrole nitrogens is 1. The molecule has 2 saturated heterocycles. The Morgan fingerprint density at radius 1 is 0.650 bits per heavy atom. The molecule has 2 aromatic carbocycles. The lowest BCUT2D eigenvalue weighted by Crippen LogP contribution is -2.62. The van der Waals surface area contributed by atoms with E-state index in [1.54, 1.807) is 51.8 Å². The van der Waals surface area contributed by atoms with Crippen molar-refractivity contribution < 1.29 is 159 Å². The fourth-order valence-electron chi connectivity index (χ4n) is 15.3. The van der Waals surface area contributed by atoms with Crippen LogP contribution in [0.25, 0.3) is 10.9 Å². The topological polar surface area (TPSA) is 709 Å². The summed E-state index contributed by atoms with van der Waals surface area (Å²) in [6.45, 7) is 8.32. The van der Waals surface area contributed by atoms with E-state index in [9.17, 15) is 97.1 Å². The van der Waals surface area contributed by atoms with Crippen molar-refractivity contribution in [3.63, 3.8) is 0 Å². The van der Waals surface area contributed by atoms with E-state index in [0.717, 1.165) is 9.80 Å². The van der Waals surface area contributed by atoms with Crippen LogP contribution < -0.4 is 74.7 Å². The molecule has 5 heterocycles. The number of ether oxygens (including phenoxy) is 11. The van der Waals surface area contributed by atoms with Crippen molar-refractivity contribution in [2.24, 2.45) is 35.1 Å². The molecule has 4 aliphatic rings. The average Bonchev–Trinajstić information content (AvgIpc) is 1.63. The molecular weight excluding hydrogens is 1910 g/mol. The number of fused-ring (bicyclic) bond motifs is 5. The number of piperidine rings is 1. The number of likely N-dealkylation sites (N-methyl/N-ethyl adjacent to an activating group) is 1. The van der Waals surface area contributed by atoms with Crippen LogP contribution in [0.4, 0.5) is 20.1 Å². The molecule has 20 N–H and O–H groups in total. The molecule has 798 valence electrons. The van der Waals surface area contributed by atoms with Gasteiger partial charge >= 0.3 is 24.2 Å². The summed E-state index contributed by atoms with van der Waals surface area (Å²) in [5.74, 6) is -17.0. The number of anilines is 1. The quantitative estimate of drug-likeness (QED) is 0.0187. The standard InChI is InChI=1S/C91H140N18O33S/c1-8-55(4)77-83(122)96-48-73(115)98-68-53-143(131)86-63(46-66(79(118)95-49-74(116)104-77)100-85(124)78(56(5)70(112)51-110)105-82(121)69-44-60(111)50-109(69)87(125)67(47-71(92)113)101-81(68)120)62-16-15-61(45-65(62)102-86)142-90(129)106(6)24-25-108(26-29-135-34-37-139-42-40-138-36-33-134-28-20-75(117)107-22-17-58(18-23-107)88(126)127)91(130)141-52-57-11-13-59(14-12-57)97-80(119)64(10-9-21-94-89(93)128)99-84(123)76(54(2)3)103-72(114)19-27-133-32-35-137-41-43-140-39-38-136-31-30-132-7/h11-16,45,54-56,58,60,64,66-70,76-78,102,110-112H,8-10,17-44,46-53H2,1-7H3,(H2,92,113)(H,95,118)(H,96,122)(H,97,119)(H,98,115)(H,99,123)(H,100,124)(H,101,120)(H,103,114)(H,104,116)(H,105,121)(H,126,127)(H3,93,94,128)/t55-,56-,60+,64-,66+,67-,68-,69-,70-,76-,77-,78-,143?/m0/s1. The minimum atomic E-state index is -2.62. The molecule has 51 nitrogen and oxygen atoms in total. The number of likely N-dealkylation sites (tertiary alicyclic amines) is 1. The Labute approximate surface area is 829 Å². The number of methoxy groups -OCH3 is 1. The van der Waals surface area contributed by atoms with Gasteiger partial charge in [-0.25, -0.2) is 14.4 Å². The van der Waals surface area contributed by atoms with Gasteiger partial charge in [0.2, 0.25) is 81.8 Å². The van der Waals surface area contributed by atoms with Crippen molar-refractivity contribution in [2.75, 3.05) is 203 Å². The second-order valence-electron chi connectivity index (χ2n) is 34.8. The van der Waals surface area contributed by atoms with Gasteiger partial charge in [0, 0.05) is 119 Å². The zero-order chi connectivity index (χ0) is 105. The number of aliphatic carboxylic acids is 1. The molecule has 0 saturated carbocycles. The molecule has 0 radical (unpaired) electrons. The Morgan fingerprint density at radius 2 is 1.24 bits per heavy atom. The number of rotatable bonds is 54. The molecule has 1 unspecified atom stereocenters. The summed E-state index contributed by atoms with van der Waals surface area (Å²) in [4.78, 5) is 242. The molecule has 13 atom stereocenters. The highest BCUT2D eigenvalue weighted by Gasteiger charge is 2.46. The van der Waals surface area contributed by atoms with Crippen LogP contribution in [0.2, 0.25) is 0 Å². The van der Waals surface area contributed by atoms with Gasteiger partial charge in [-0.15, -0.1) is 0 Å². The zero-order valence-corrected chi connectivity index (χ0v) is 82.5. The number of hydrogen-bond donors (Lipinski definition) is 18. The summed E-state index contributed by atoms with van der Waals surface area (Å²) in [6.07, 6.45) is -5.97. The normalized spacial score (nSPS) is 20.2. The number of amides is 17. The number of aromatic nitrogens is 1. The number of aliphatic hydroxyl groups excluding tert-OH is 3. The second kappa shape index (κ2) is 62.7. The molecular formula is C91H140N18O33S. The molecule has 2 bridgehead atoms. The van der Waals surface area contributed by atoms with Gasteiger partial charge in [0.05, 0.1) is 168 Å². The number of carboxylic acid groups (broad SMARTS) is 1. The van der Waals surface area contributed by atoms with Crippen LogP contribution in [0.3, 0.4) is 0 Å². The number of nitrogens with two attached hydrogens (primary N) is 2. The highest BCUT2D eigenvalue weighted by atomic mass is 32.2. The van der Waals surface area contributed by atoms with Crippen LogP contribution in [0, 0.1) is 23.7 Å². The molecule has 0 spiro atoms. The van der Waals surface area contributed by atoms with Gasteiger partial charge in [-0.3, -0.25) is 67.1 Å². The van der Waals surface area contributed by atoms with Crippen LogP contribution in [0.15, 0.2) is 47.5 Å². The number of nitrogens with one attached hydrogen (secondary N) is 12. The number of carboxylic acids is 1. The third kappa shape index (κ3) is 40.7. The highest BCUT2D eigenvalue weighted by Crippen LogP contribution is 2.33. The number of carbonyl (C=O) groups excluding carboxylic acids is 16. The molecule has 143 heavy (non-hydrogen) atoms.